The number of benzene rings is 2. The first-order chi connectivity index (χ1) is 12.7. The van der Waals surface area contributed by atoms with Gasteiger partial charge in [-0.25, -0.2) is 4.98 Å². The summed E-state index contributed by atoms with van der Waals surface area (Å²) in [6, 6.07) is 20.1. The smallest absolute Gasteiger partial charge is 0.266 e. The largest absolute Gasteiger partial charge is 0.335 e. The molecule has 26 heavy (non-hydrogen) atoms. The average molecular weight is 363 g/mol. The van der Waals surface area contributed by atoms with E-state index >= 15 is 0 Å². The van der Waals surface area contributed by atoms with Gasteiger partial charge in [0.25, 0.3) is 5.91 Å². The molecule has 0 atom stereocenters. The van der Waals surface area contributed by atoms with Gasteiger partial charge in [0.05, 0.1) is 5.69 Å². The standard InChI is InChI=1S/C21H21N3OS/c1-23-12-14-24(15-13-23)21(25)19-18(16-8-4-2-5-9-16)22-20(26-19)17-10-6-3-7-11-17/h2-11H,12-15H2,1H3. The van der Waals surface area contributed by atoms with Gasteiger partial charge in [0, 0.05) is 37.3 Å². The van der Waals surface area contributed by atoms with Gasteiger partial charge in [-0.05, 0) is 7.05 Å². The van der Waals surface area contributed by atoms with E-state index in [4.69, 9.17) is 4.98 Å². The first-order valence-electron chi connectivity index (χ1n) is 8.82. The molecule has 1 aliphatic rings. The Balaban J connectivity index is 1.74. The van der Waals surface area contributed by atoms with Crippen LogP contribution in [0.25, 0.3) is 21.8 Å². The van der Waals surface area contributed by atoms with Crippen LogP contribution in [0.1, 0.15) is 9.67 Å². The molecule has 0 saturated carbocycles. The molecule has 132 valence electrons. The highest BCUT2D eigenvalue weighted by atomic mass is 32.1. The van der Waals surface area contributed by atoms with E-state index in [1.54, 1.807) is 0 Å². The number of aromatic nitrogens is 1. The van der Waals surface area contributed by atoms with Gasteiger partial charge in [0.2, 0.25) is 0 Å². The fourth-order valence-electron chi connectivity index (χ4n) is 3.11. The molecule has 3 aromatic rings. The zero-order chi connectivity index (χ0) is 17.9. The van der Waals surface area contributed by atoms with Crippen molar-refractivity contribution >= 4 is 17.2 Å². The number of hydrogen-bond acceptors (Lipinski definition) is 4. The van der Waals surface area contributed by atoms with Crippen LogP contribution in [0.4, 0.5) is 0 Å². The van der Waals surface area contributed by atoms with Gasteiger partial charge < -0.3 is 9.80 Å². The van der Waals surface area contributed by atoms with Crippen LogP contribution in [-0.2, 0) is 0 Å². The lowest BCUT2D eigenvalue weighted by Crippen LogP contribution is -2.47. The van der Waals surface area contributed by atoms with Crippen molar-refractivity contribution in [3.63, 3.8) is 0 Å². The molecular formula is C21H21N3OS. The minimum atomic E-state index is 0.0941. The molecule has 1 aliphatic heterocycles. The number of carbonyl (C=O) groups is 1. The van der Waals surface area contributed by atoms with Crippen molar-refractivity contribution < 1.29 is 4.79 Å². The van der Waals surface area contributed by atoms with Crippen LogP contribution < -0.4 is 0 Å². The van der Waals surface area contributed by atoms with Gasteiger partial charge >= 0.3 is 0 Å². The molecule has 0 spiro atoms. The SMILES string of the molecule is CN1CCN(C(=O)c2sc(-c3ccccc3)nc2-c2ccccc2)CC1. The molecule has 0 radical (unpaired) electrons. The number of amides is 1. The second-order valence-corrected chi connectivity index (χ2v) is 7.52. The third kappa shape index (κ3) is 3.41. The van der Waals surface area contributed by atoms with Crippen molar-refractivity contribution in [3.8, 4) is 21.8 Å². The molecule has 1 aromatic heterocycles. The predicted molar refractivity (Wildman–Crippen MR) is 106 cm³/mol. The lowest BCUT2D eigenvalue weighted by Gasteiger charge is -2.32. The molecule has 1 saturated heterocycles. The van der Waals surface area contributed by atoms with E-state index in [1.807, 2.05) is 65.6 Å². The summed E-state index contributed by atoms with van der Waals surface area (Å²) in [5, 5.41) is 0.891. The van der Waals surface area contributed by atoms with Crippen LogP contribution in [0.15, 0.2) is 60.7 Å². The Morgan fingerprint density at radius 2 is 1.46 bits per heavy atom. The second kappa shape index (κ2) is 7.40. The normalized spacial score (nSPS) is 15.2. The maximum absolute atomic E-state index is 13.2. The van der Waals surface area contributed by atoms with E-state index < -0.39 is 0 Å². The van der Waals surface area contributed by atoms with Crippen molar-refractivity contribution in [1.29, 1.82) is 0 Å². The number of likely N-dealkylation sites (N-methyl/N-ethyl adjacent to an activating group) is 1. The van der Waals surface area contributed by atoms with E-state index in [2.05, 4.69) is 11.9 Å². The van der Waals surface area contributed by atoms with Gasteiger partial charge in [0.15, 0.2) is 0 Å². The molecule has 0 aliphatic carbocycles. The minimum Gasteiger partial charge on any atom is -0.335 e. The van der Waals surface area contributed by atoms with E-state index in [9.17, 15) is 4.79 Å². The van der Waals surface area contributed by atoms with Gasteiger partial charge in [-0.2, -0.15) is 0 Å². The zero-order valence-corrected chi connectivity index (χ0v) is 15.6. The van der Waals surface area contributed by atoms with Gasteiger partial charge in [-0.1, -0.05) is 60.7 Å². The summed E-state index contributed by atoms with van der Waals surface area (Å²) < 4.78 is 0. The summed E-state index contributed by atoms with van der Waals surface area (Å²) in [5.41, 5.74) is 2.83. The number of rotatable bonds is 3. The lowest BCUT2D eigenvalue weighted by molar-refractivity contribution is 0.0669. The molecule has 0 unspecified atom stereocenters. The van der Waals surface area contributed by atoms with E-state index in [0.717, 1.165) is 52.9 Å². The minimum absolute atomic E-state index is 0.0941. The average Bonchev–Trinajstić information content (AvgIpc) is 3.15. The number of carbonyl (C=O) groups excluding carboxylic acids is 1. The summed E-state index contributed by atoms with van der Waals surface area (Å²) in [6.45, 7) is 3.36. The van der Waals surface area contributed by atoms with Crippen molar-refractivity contribution in [2.75, 3.05) is 33.2 Å². The van der Waals surface area contributed by atoms with Crippen LogP contribution in [0.2, 0.25) is 0 Å². The second-order valence-electron chi connectivity index (χ2n) is 6.52. The Kier molecular flexibility index (Phi) is 4.82. The Bertz CT molecular complexity index is 884. The molecule has 2 heterocycles. The highest BCUT2D eigenvalue weighted by molar-refractivity contribution is 7.17. The molecule has 0 bridgehead atoms. The lowest BCUT2D eigenvalue weighted by atomic mass is 10.1. The van der Waals surface area contributed by atoms with Crippen LogP contribution in [0, 0.1) is 0 Å². The Morgan fingerprint density at radius 1 is 0.885 bits per heavy atom. The summed E-state index contributed by atoms with van der Waals surface area (Å²) >= 11 is 1.49. The molecule has 1 amide bonds. The third-order valence-corrected chi connectivity index (χ3v) is 5.77. The molecule has 2 aromatic carbocycles. The highest BCUT2D eigenvalue weighted by Gasteiger charge is 2.26. The van der Waals surface area contributed by atoms with Gasteiger partial charge in [0.1, 0.15) is 9.88 Å². The summed E-state index contributed by atoms with van der Waals surface area (Å²) in [5.74, 6) is 0.0941. The van der Waals surface area contributed by atoms with E-state index in [1.165, 1.54) is 11.3 Å². The van der Waals surface area contributed by atoms with Crippen LogP contribution in [0.5, 0.6) is 0 Å². The Hall–Kier alpha value is -2.50. The number of nitrogens with zero attached hydrogens (tertiary/aromatic N) is 3. The van der Waals surface area contributed by atoms with Gasteiger partial charge in [-0.15, -0.1) is 11.3 Å². The predicted octanol–water partition coefficient (Wildman–Crippen LogP) is 3.86. The Morgan fingerprint density at radius 3 is 2.08 bits per heavy atom. The molecule has 0 N–H and O–H groups in total. The van der Waals surface area contributed by atoms with Crippen molar-refractivity contribution in [1.82, 2.24) is 14.8 Å². The van der Waals surface area contributed by atoms with Crippen molar-refractivity contribution in [2.45, 2.75) is 0 Å². The summed E-state index contributed by atoms with van der Waals surface area (Å²) in [6.07, 6.45) is 0. The van der Waals surface area contributed by atoms with Crippen LogP contribution in [0.3, 0.4) is 0 Å². The topological polar surface area (TPSA) is 36.4 Å². The van der Waals surface area contributed by atoms with E-state index in [-0.39, 0.29) is 5.91 Å². The van der Waals surface area contributed by atoms with Crippen LogP contribution in [-0.4, -0.2) is 53.9 Å². The Labute approximate surface area is 157 Å². The number of thiazole rings is 1. The maximum atomic E-state index is 13.2. The number of hydrogen-bond donors (Lipinski definition) is 0. The van der Waals surface area contributed by atoms with Crippen molar-refractivity contribution in [3.05, 3.63) is 65.5 Å². The quantitative estimate of drug-likeness (QED) is 0.709. The van der Waals surface area contributed by atoms with Crippen LogP contribution >= 0.6 is 11.3 Å². The molecule has 4 rings (SSSR count). The summed E-state index contributed by atoms with van der Waals surface area (Å²) in [7, 11) is 2.09. The highest BCUT2D eigenvalue weighted by Crippen LogP contribution is 2.34. The maximum Gasteiger partial charge on any atom is 0.266 e. The first-order valence-corrected chi connectivity index (χ1v) is 9.63. The fraction of sp³-hybridized carbons (Fsp3) is 0.238. The third-order valence-electron chi connectivity index (χ3n) is 4.68. The molecule has 4 nitrogen and oxygen atoms in total. The molecular weight excluding hydrogens is 342 g/mol. The monoisotopic (exact) mass is 363 g/mol. The fourth-order valence-corrected chi connectivity index (χ4v) is 4.17. The summed E-state index contributed by atoms with van der Waals surface area (Å²) in [4.78, 5) is 23.0. The van der Waals surface area contributed by atoms with Crippen molar-refractivity contribution in [2.24, 2.45) is 0 Å². The van der Waals surface area contributed by atoms with E-state index in [0.29, 0.717) is 0 Å². The first kappa shape index (κ1) is 16.9. The van der Waals surface area contributed by atoms with Gasteiger partial charge in [-0.3, -0.25) is 4.79 Å². The molecule has 5 heteroatoms. The number of piperazine rings is 1. The molecule has 1 fully saturated rings. The zero-order valence-electron chi connectivity index (χ0n) is 14.8.